The molecule has 0 saturated carbocycles. The third kappa shape index (κ3) is 4.03. The maximum absolute atomic E-state index is 12.7. The molecule has 2 aliphatic rings. The van der Waals surface area contributed by atoms with Gasteiger partial charge in [0.15, 0.2) is 5.71 Å². The first-order valence-electron chi connectivity index (χ1n) is 9.98. The van der Waals surface area contributed by atoms with Crippen LogP contribution in [0.2, 0.25) is 0 Å². The number of hydrogen-bond acceptors (Lipinski definition) is 6. The molecule has 0 N–H and O–H groups in total. The second-order valence-electron chi connectivity index (χ2n) is 7.23. The fourth-order valence-corrected chi connectivity index (χ4v) is 4.89. The lowest BCUT2D eigenvalue weighted by molar-refractivity contribution is -0.128. The van der Waals surface area contributed by atoms with Crippen molar-refractivity contribution in [2.45, 2.75) is 46.0 Å². The molecule has 0 fully saturated rings. The molecule has 1 aromatic heterocycles. The van der Waals surface area contributed by atoms with E-state index in [-0.39, 0.29) is 11.7 Å². The standard InChI is InChI=1S/C23H23NO4S/c1-3-27-23(26)20-16-7-5-4-6-8-19(16)29-21(20)24-17-13-18(28-22(17)25)15-11-9-14(2)10-12-15/h9-13H,3-8H2,1-2H3/b24-17+. The quantitative estimate of drug-likeness (QED) is 0.516. The summed E-state index contributed by atoms with van der Waals surface area (Å²) >= 11 is 1.49. The van der Waals surface area contributed by atoms with Crippen LogP contribution in [-0.2, 0) is 27.1 Å². The minimum Gasteiger partial charge on any atom is -0.462 e. The third-order valence-corrected chi connectivity index (χ3v) is 6.31. The number of thiophene rings is 1. The first kappa shape index (κ1) is 19.6. The summed E-state index contributed by atoms with van der Waals surface area (Å²) in [5.74, 6) is -0.385. The van der Waals surface area contributed by atoms with E-state index in [2.05, 4.69) is 4.99 Å². The van der Waals surface area contributed by atoms with Gasteiger partial charge in [0.2, 0.25) is 0 Å². The zero-order chi connectivity index (χ0) is 20.4. The van der Waals surface area contributed by atoms with Gasteiger partial charge in [-0.2, -0.15) is 0 Å². The molecule has 0 unspecified atom stereocenters. The van der Waals surface area contributed by atoms with Gasteiger partial charge in [-0.05, 0) is 45.1 Å². The highest BCUT2D eigenvalue weighted by Crippen LogP contribution is 2.40. The Morgan fingerprint density at radius 2 is 1.93 bits per heavy atom. The van der Waals surface area contributed by atoms with Gasteiger partial charge in [0.25, 0.3) is 0 Å². The first-order chi connectivity index (χ1) is 14.1. The summed E-state index contributed by atoms with van der Waals surface area (Å²) in [6.45, 7) is 4.10. The molecular weight excluding hydrogens is 386 g/mol. The summed E-state index contributed by atoms with van der Waals surface area (Å²) in [5, 5.41) is 0.545. The normalized spacial score (nSPS) is 17.5. The molecule has 0 saturated heterocycles. The van der Waals surface area contributed by atoms with Crippen molar-refractivity contribution in [1.82, 2.24) is 0 Å². The molecule has 150 valence electrons. The largest absolute Gasteiger partial charge is 0.462 e. The van der Waals surface area contributed by atoms with Gasteiger partial charge >= 0.3 is 11.9 Å². The average Bonchev–Trinajstić information content (AvgIpc) is 3.14. The molecule has 29 heavy (non-hydrogen) atoms. The number of fused-ring (bicyclic) bond motifs is 1. The minimum atomic E-state index is -0.501. The molecule has 0 spiro atoms. The molecule has 1 aliphatic heterocycles. The minimum absolute atomic E-state index is 0.211. The highest BCUT2D eigenvalue weighted by molar-refractivity contribution is 7.16. The van der Waals surface area contributed by atoms with Crippen LogP contribution in [0.25, 0.3) is 5.76 Å². The molecule has 0 radical (unpaired) electrons. The predicted molar refractivity (Wildman–Crippen MR) is 114 cm³/mol. The van der Waals surface area contributed by atoms with Crippen molar-refractivity contribution >= 4 is 39.7 Å². The Labute approximate surface area is 174 Å². The van der Waals surface area contributed by atoms with Gasteiger partial charge in [-0.1, -0.05) is 36.2 Å². The number of esters is 2. The number of carbonyl (C=O) groups is 2. The van der Waals surface area contributed by atoms with Crippen molar-refractivity contribution in [3.63, 3.8) is 0 Å². The van der Waals surface area contributed by atoms with Crippen molar-refractivity contribution in [2.24, 2.45) is 4.99 Å². The monoisotopic (exact) mass is 409 g/mol. The SMILES string of the molecule is CCOC(=O)c1c(/N=C2\C=C(c3ccc(C)cc3)OC2=O)sc2c1CCCCC2. The van der Waals surface area contributed by atoms with Crippen LogP contribution in [0.3, 0.4) is 0 Å². The Kier molecular flexibility index (Phi) is 5.62. The second-order valence-corrected chi connectivity index (χ2v) is 8.31. The van der Waals surface area contributed by atoms with Gasteiger partial charge in [0, 0.05) is 16.5 Å². The number of ether oxygens (including phenoxy) is 2. The molecule has 2 heterocycles. The molecule has 6 heteroatoms. The van der Waals surface area contributed by atoms with Crippen molar-refractivity contribution < 1.29 is 19.1 Å². The number of rotatable bonds is 4. The van der Waals surface area contributed by atoms with E-state index in [9.17, 15) is 9.59 Å². The van der Waals surface area contributed by atoms with Gasteiger partial charge in [0.1, 0.15) is 10.8 Å². The average molecular weight is 410 g/mol. The highest BCUT2D eigenvalue weighted by atomic mass is 32.1. The summed E-state index contributed by atoms with van der Waals surface area (Å²) in [7, 11) is 0. The Morgan fingerprint density at radius 3 is 2.69 bits per heavy atom. The summed E-state index contributed by atoms with van der Waals surface area (Å²) in [5.41, 5.74) is 3.72. The third-order valence-electron chi connectivity index (χ3n) is 5.12. The maximum Gasteiger partial charge on any atom is 0.362 e. The molecule has 0 atom stereocenters. The number of nitrogens with zero attached hydrogens (tertiary/aromatic N) is 1. The summed E-state index contributed by atoms with van der Waals surface area (Å²) < 4.78 is 10.7. The van der Waals surface area contributed by atoms with E-state index >= 15 is 0 Å². The van der Waals surface area contributed by atoms with Gasteiger partial charge < -0.3 is 9.47 Å². The van der Waals surface area contributed by atoms with E-state index < -0.39 is 5.97 Å². The number of aliphatic imine (C=N–C) groups is 1. The summed E-state index contributed by atoms with van der Waals surface area (Å²) in [6, 6.07) is 7.76. The number of carbonyl (C=O) groups excluding carboxylic acids is 2. The molecule has 2 aromatic rings. The van der Waals surface area contributed by atoms with Crippen molar-refractivity contribution in [2.75, 3.05) is 6.61 Å². The maximum atomic E-state index is 12.7. The molecule has 5 nitrogen and oxygen atoms in total. The summed E-state index contributed by atoms with van der Waals surface area (Å²) in [6.07, 6.45) is 6.73. The number of benzene rings is 1. The highest BCUT2D eigenvalue weighted by Gasteiger charge is 2.29. The predicted octanol–water partition coefficient (Wildman–Crippen LogP) is 5.17. The second kappa shape index (κ2) is 8.33. The van der Waals surface area contributed by atoms with Crippen molar-refractivity contribution in [3.05, 3.63) is 57.5 Å². The Morgan fingerprint density at radius 1 is 1.17 bits per heavy atom. The van der Waals surface area contributed by atoms with Gasteiger partial charge in [0.05, 0.1) is 12.2 Å². The number of aryl methyl sites for hydroxylation is 2. The van der Waals surface area contributed by atoms with E-state index in [1.807, 2.05) is 31.2 Å². The Bertz CT molecular complexity index is 1010. The zero-order valence-corrected chi connectivity index (χ0v) is 17.4. The molecule has 0 bridgehead atoms. The molecule has 0 amide bonds. The van der Waals surface area contributed by atoms with Gasteiger partial charge in [-0.15, -0.1) is 11.3 Å². The molecule has 1 aliphatic carbocycles. The lowest BCUT2D eigenvalue weighted by Crippen LogP contribution is -2.09. The van der Waals surface area contributed by atoms with Gasteiger partial charge in [-0.25, -0.2) is 14.6 Å². The van der Waals surface area contributed by atoms with Crippen LogP contribution in [-0.4, -0.2) is 24.3 Å². The van der Waals surface area contributed by atoms with Crippen LogP contribution in [0.1, 0.15) is 58.1 Å². The Balaban J connectivity index is 1.74. The van der Waals surface area contributed by atoms with E-state index in [1.165, 1.54) is 16.2 Å². The fourth-order valence-electron chi connectivity index (χ4n) is 3.63. The fraction of sp³-hybridized carbons (Fsp3) is 0.348. The molecular formula is C23H23NO4S. The van der Waals surface area contributed by atoms with Gasteiger partial charge in [-0.3, -0.25) is 0 Å². The van der Waals surface area contributed by atoms with Crippen LogP contribution in [0.4, 0.5) is 5.00 Å². The smallest absolute Gasteiger partial charge is 0.362 e. The van der Waals surface area contributed by atoms with Crippen LogP contribution in [0.5, 0.6) is 0 Å². The van der Waals surface area contributed by atoms with E-state index in [4.69, 9.17) is 9.47 Å². The van der Waals surface area contributed by atoms with Crippen molar-refractivity contribution in [1.29, 1.82) is 0 Å². The summed E-state index contributed by atoms with van der Waals surface area (Å²) in [4.78, 5) is 30.8. The Hall–Kier alpha value is -2.73. The number of hydrogen-bond donors (Lipinski definition) is 0. The van der Waals surface area contributed by atoms with Crippen molar-refractivity contribution in [3.8, 4) is 0 Å². The zero-order valence-electron chi connectivity index (χ0n) is 16.6. The van der Waals surface area contributed by atoms with Crippen LogP contribution in [0, 0.1) is 6.92 Å². The van der Waals surface area contributed by atoms with Crippen LogP contribution in [0.15, 0.2) is 35.3 Å². The van der Waals surface area contributed by atoms with Crippen LogP contribution >= 0.6 is 11.3 Å². The van der Waals surface area contributed by atoms with E-state index in [1.54, 1.807) is 13.0 Å². The van der Waals surface area contributed by atoms with Crippen LogP contribution < -0.4 is 0 Å². The lowest BCUT2D eigenvalue weighted by atomic mass is 10.1. The lowest BCUT2D eigenvalue weighted by Gasteiger charge is -2.05. The molecule has 1 aromatic carbocycles. The molecule has 4 rings (SSSR count). The number of cyclic esters (lactones) is 1. The van der Waals surface area contributed by atoms with E-state index in [0.717, 1.165) is 48.8 Å². The van der Waals surface area contributed by atoms with E-state index in [0.29, 0.717) is 22.9 Å². The topological polar surface area (TPSA) is 65.0 Å². The first-order valence-corrected chi connectivity index (χ1v) is 10.8.